The minimum absolute atomic E-state index is 0.151. The summed E-state index contributed by atoms with van der Waals surface area (Å²) in [4.78, 5) is 7.51. The Labute approximate surface area is 247 Å². The molecule has 4 aromatic carbocycles. The molecule has 0 unspecified atom stereocenters. The first-order valence-corrected chi connectivity index (χ1v) is 15.9. The first-order chi connectivity index (χ1) is 18.5. The van der Waals surface area contributed by atoms with E-state index in [9.17, 15) is 0 Å². The Balaban J connectivity index is 0.00000172. The molecule has 39 heavy (non-hydrogen) atoms. The zero-order valence-electron chi connectivity index (χ0n) is 24.1. The van der Waals surface area contributed by atoms with Crippen molar-refractivity contribution in [2.75, 3.05) is 0 Å². The first kappa shape index (κ1) is 29.5. The lowest BCUT2D eigenvalue weighted by atomic mass is 9.87. The number of rotatable bonds is 5. The van der Waals surface area contributed by atoms with Crippen LogP contribution in [0.1, 0.15) is 61.0 Å². The normalized spacial score (nSPS) is 12.5. The standard InChI is InChI=1S/C32H32O2S3.C2H6/c1-31(2,3)21-7-17-27-29(19-21)36-28-18-12-24(20-30(28)37-27)33-22-8-13-25(14-9-22)35-26-15-10-23(11-16-26)34-32(4,5)6;1-2/h7-20H,1-6H3;1-2H3. The van der Waals surface area contributed by atoms with Gasteiger partial charge in [-0.3, -0.25) is 0 Å². The van der Waals surface area contributed by atoms with Crippen LogP contribution in [0.4, 0.5) is 0 Å². The Morgan fingerprint density at radius 2 is 1.03 bits per heavy atom. The predicted octanol–water partition coefficient (Wildman–Crippen LogP) is 11.7. The summed E-state index contributed by atoms with van der Waals surface area (Å²) in [5.74, 6) is 2.58. The van der Waals surface area contributed by atoms with E-state index in [2.05, 4.69) is 102 Å². The average Bonchev–Trinajstić information content (AvgIpc) is 2.89. The second kappa shape index (κ2) is 12.4. The zero-order chi connectivity index (χ0) is 28.2. The van der Waals surface area contributed by atoms with Crippen molar-refractivity contribution < 1.29 is 9.47 Å². The summed E-state index contributed by atoms with van der Waals surface area (Å²) in [7, 11) is 0. The highest BCUT2D eigenvalue weighted by atomic mass is 32.2. The van der Waals surface area contributed by atoms with E-state index in [1.807, 2.05) is 61.6 Å². The Morgan fingerprint density at radius 1 is 0.538 bits per heavy atom. The third-order valence-corrected chi connectivity index (χ3v) is 9.25. The molecule has 0 aliphatic carbocycles. The van der Waals surface area contributed by atoms with Crippen molar-refractivity contribution in [1.29, 1.82) is 0 Å². The maximum absolute atomic E-state index is 6.22. The quantitative estimate of drug-likeness (QED) is 0.207. The average molecular weight is 575 g/mol. The summed E-state index contributed by atoms with van der Waals surface area (Å²) in [5.41, 5.74) is 1.33. The fourth-order valence-corrected chi connectivity index (χ4v) is 6.95. The summed E-state index contributed by atoms with van der Waals surface area (Å²) in [5, 5.41) is 0. The molecule has 5 rings (SSSR count). The molecule has 0 atom stereocenters. The molecular weight excluding hydrogens is 537 g/mol. The Hall–Kier alpha value is -2.47. The molecule has 4 aromatic rings. The lowest BCUT2D eigenvalue weighted by Crippen LogP contribution is -2.22. The van der Waals surface area contributed by atoms with E-state index in [1.165, 1.54) is 34.9 Å². The highest BCUT2D eigenvalue weighted by Gasteiger charge is 2.21. The van der Waals surface area contributed by atoms with Gasteiger partial charge in [0.1, 0.15) is 22.8 Å². The lowest BCUT2D eigenvalue weighted by Gasteiger charge is -2.24. The fourth-order valence-electron chi connectivity index (χ4n) is 3.87. The predicted molar refractivity (Wildman–Crippen MR) is 169 cm³/mol. The second-order valence-corrected chi connectivity index (χ2v) is 14.4. The maximum atomic E-state index is 6.22. The Kier molecular flexibility index (Phi) is 9.36. The molecule has 5 heteroatoms. The summed E-state index contributed by atoms with van der Waals surface area (Å²) >= 11 is 5.39. The SMILES string of the molecule is CC.CC(C)(C)Oc1ccc(Sc2ccc(Oc3ccc4c(c3)Sc3ccc(C(C)(C)C)cc3S4)cc2)cc1. The van der Waals surface area contributed by atoms with Gasteiger partial charge in [0.25, 0.3) is 0 Å². The van der Waals surface area contributed by atoms with E-state index < -0.39 is 0 Å². The summed E-state index contributed by atoms with van der Waals surface area (Å²) in [6, 6.07) is 29.8. The van der Waals surface area contributed by atoms with Gasteiger partial charge in [-0.15, -0.1) is 0 Å². The van der Waals surface area contributed by atoms with Gasteiger partial charge in [0, 0.05) is 29.4 Å². The van der Waals surface area contributed by atoms with Crippen LogP contribution in [0.5, 0.6) is 17.2 Å². The Bertz CT molecular complexity index is 1400. The van der Waals surface area contributed by atoms with Gasteiger partial charge < -0.3 is 9.47 Å². The summed E-state index contributed by atoms with van der Waals surface area (Å²) < 4.78 is 12.1. The van der Waals surface area contributed by atoms with Crippen molar-refractivity contribution in [3.8, 4) is 17.2 Å². The van der Waals surface area contributed by atoms with Crippen LogP contribution in [0.2, 0.25) is 0 Å². The molecule has 1 aliphatic heterocycles. The van der Waals surface area contributed by atoms with Crippen LogP contribution in [0.3, 0.4) is 0 Å². The molecule has 0 aromatic heterocycles. The van der Waals surface area contributed by atoms with Gasteiger partial charge in [-0.05, 0) is 111 Å². The van der Waals surface area contributed by atoms with Gasteiger partial charge in [-0.1, -0.05) is 76.0 Å². The van der Waals surface area contributed by atoms with Crippen molar-refractivity contribution in [3.63, 3.8) is 0 Å². The first-order valence-electron chi connectivity index (χ1n) is 13.4. The number of fused-ring (bicyclic) bond motifs is 2. The number of ether oxygens (including phenoxy) is 2. The van der Waals surface area contributed by atoms with Crippen LogP contribution in [0.25, 0.3) is 0 Å². The molecule has 1 aliphatic rings. The third kappa shape index (κ3) is 8.03. The van der Waals surface area contributed by atoms with Crippen molar-refractivity contribution in [2.24, 2.45) is 0 Å². The van der Waals surface area contributed by atoms with Gasteiger partial charge in [0.15, 0.2) is 0 Å². The van der Waals surface area contributed by atoms with Crippen LogP contribution < -0.4 is 9.47 Å². The van der Waals surface area contributed by atoms with Crippen molar-refractivity contribution in [2.45, 2.75) is 95.8 Å². The van der Waals surface area contributed by atoms with Crippen LogP contribution in [0.15, 0.2) is 114 Å². The highest BCUT2D eigenvalue weighted by molar-refractivity contribution is 8.05. The summed E-state index contributed by atoms with van der Waals surface area (Å²) in [6.45, 7) is 17.0. The van der Waals surface area contributed by atoms with Gasteiger partial charge in [0.05, 0.1) is 0 Å². The maximum Gasteiger partial charge on any atom is 0.128 e. The van der Waals surface area contributed by atoms with Crippen LogP contribution in [0, 0.1) is 0 Å². The molecule has 0 fully saturated rings. The topological polar surface area (TPSA) is 18.5 Å². The molecule has 0 radical (unpaired) electrons. The van der Waals surface area contributed by atoms with Crippen molar-refractivity contribution >= 4 is 35.3 Å². The highest BCUT2D eigenvalue weighted by Crippen LogP contribution is 2.50. The van der Waals surface area contributed by atoms with Crippen molar-refractivity contribution in [3.05, 3.63) is 90.5 Å². The molecule has 2 nitrogen and oxygen atoms in total. The van der Waals surface area contributed by atoms with Gasteiger partial charge >= 0.3 is 0 Å². The number of hydrogen-bond acceptors (Lipinski definition) is 5. The zero-order valence-corrected chi connectivity index (χ0v) is 26.6. The second-order valence-electron chi connectivity index (χ2n) is 11.1. The van der Waals surface area contributed by atoms with Crippen LogP contribution in [-0.2, 0) is 5.41 Å². The molecule has 0 saturated carbocycles. The lowest BCUT2D eigenvalue weighted by molar-refractivity contribution is 0.131. The fraction of sp³-hybridized carbons (Fsp3) is 0.294. The Morgan fingerprint density at radius 3 is 1.56 bits per heavy atom. The molecule has 1 heterocycles. The van der Waals surface area contributed by atoms with Crippen molar-refractivity contribution in [1.82, 2.24) is 0 Å². The molecule has 0 N–H and O–H groups in total. The molecular formula is C34H38O2S3. The minimum atomic E-state index is -0.194. The molecule has 0 spiro atoms. The van der Waals surface area contributed by atoms with Crippen LogP contribution >= 0.6 is 35.3 Å². The number of hydrogen-bond donors (Lipinski definition) is 0. The molecule has 204 valence electrons. The molecule has 0 bridgehead atoms. The van der Waals surface area contributed by atoms with E-state index in [0.29, 0.717) is 0 Å². The molecule has 0 amide bonds. The molecule has 0 saturated heterocycles. The van der Waals surface area contributed by atoms with E-state index in [1.54, 1.807) is 11.8 Å². The van der Waals surface area contributed by atoms with E-state index >= 15 is 0 Å². The largest absolute Gasteiger partial charge is 0.488 e. The summed E-state index contributed by atoms with van der Waals surface area (Å²) in [6.07, 6.45) is 0. The minimum Gasteiger partial charge on any atom is -0.488 e. The van der Waals surface area contributed by atoms with Gasteiger partial charge in [-0.25, -0.2) is 0 Å². The van der Waals surface area contributed by atoms with Gasteiger partial charge in [0.2, 0.25) is 0 Å². The van der Waals surface area contributed by atoms with Gasteiger partial charge in [-0.2, -0.15) is 0 Å². The van der Waals surface area contributed by atoms with E-state index in [-0.39, 0.29) is 11.0 Å². The van der Waals surface area contributed by atoms with Crippen LogP contribution in [-0.4, -0.2) is 5.60 Å². The smallest absolute Gasteiger partial charge is 0.128 e. The number of benzene rings is 4. The van der Waals surface area contributed by atoms with E-state index in [0.717, 1.165) is 17.2 Å². The third-order valence-electron chi connectivity index (χ3n) is 5.71. The van der Waals surface area contributed by atoms with E-state index in [4.69, 9.17) is 9.47 Å². The monoisotopic (exact) mass is 574 g/mol.